The van der Waals surface area contributed by atoms with Gasteiger partial charge in [-0.1, -0.05) is 19.6 Å². The number of allylic oxidation sites excluding steroid dienone is 8. The predicted molar refractivity (Wildman–Crippen MR) is 66.5 cm³/mol. The van der Waals surface area contributed by atoms with Crippen LogP contribution in [0.3, 0.4) is 0 Å². The Balaban J connectivity index is 0. The van der Waals surface area contributed by atoms with Gasteiger partial charge in [-0.15, -0.1) is 12.8 Å². The molecule has 0 atom stereocenters. The van der Waals surface area contributed by atoms with E-state index in [1.807, 2.05) is 24.3 Å². The molecule has 0 bridgehead atoms. The first-order chi connectivity index (χ1) is 6.73. The summed E-state index contributed by atoms with van der Waals surface area (Å²) in [5.41, 5.74) is 0. The summed E-state index contributed by atoms with van der Waals surface area (Å²) in [6.07, 6.45) is 20.0. The summed E-state index contributed by atoms with van der Waals surface area (Å²) in [6, 6.07) is 0. The molecule has 0 heterocycles. The standard InChI is InChI=1S/2C5H5.C3H9Si.Zr/c2*1-2-4-5-3-1;1-4(2)3;/h2*1-3H,4H2;1-3H3;/q2*-1;;+2. The Kier molecular flexibility index (Phi) is 16.4. The molecule has 0 saturated heterocycles. The van der Waals surface area contributed by atoms with Crippen LogP contribution in [0.4, 0.5) is 0 Å². The van der Waals surface area contributed by atoms with Crippen LogP contribution in [-0.4, -0.2) is 8.80 Å². The molecule has 0 aromatic rings. The Bertz CT molecular complexity index is 180. The molecule has 0 unspecified atom stereocenters. The molecule has 0 aliphatic heterocycles. The van der Waals surface area contributed by atoms with Gasteiger partial charge in [0.05, 0.1) is 0 Å². The predicted octanol–water partition coefficient (Wildman–Crippen LogP) is 3.98. The molecule has 0 amide bonds. The zero-order chi connectivity index (χ0) is 10.6. The molecule has 15 heavy (non-hydrogen) atoms. The van der Waals surface area contributed by atoms with Crippen molar-refractivity contribution in [2.75, 3.05) is 0 Å². The van der Waals surface area contributed by atoms with Crippen LogP contribution in [-0.2, 0) is 26.2 Å². The van der Waals surface area contributed by atoms with E-state index in [1.54, 1.807) is 0 Å². The van der Waals surface area contributed by atoms with Crippen molar-refractivity contribution in [2.24, 2.45) is 0 Å². The summed E-state index contributed by atoms with van der Waals surface area (Å²) < 4.78 is 0. The van der Waals surface area contributed by atoms with Gasteiger partial charge in [-0.05, 0) is 0 Å². The van der Waals surface area contributed by atoms with Gasteiger partial charge in [0.25, 0.3) is 0 Å². The molecular formula is C13H19SiZr. The SMILES string of the molecule is C[Si](C)C.[C-]1=CC=CC1.[C-]1=CC=CC1.[Zr+2]. The van der Waals surface area contributed by atoms with E-state index in [0.717, 1.165) is 12.8 Å². The van der Waals surface area contributed by atoms with E-state index in [4.69, 9.17) is 0 Å². The topological polar surface area (TPSA) is 0 Å². The van der Waals surface area contributed by atoms with Gasteiger partial charge < -0.3 is 0 Å². The van der Waals surface area contributed by atoms with Crippen LogP contribution < -0.4 is 0 Å². The second kappa shape index (κ2) is 14.1. The molecule has 0 nitrogen and oxygen atoms in total. The fourth-order valence-electron chi connectivity index (χ4n) is 0.680. The zero-order valence-electron chi connectivity index (χ0n) is 9.88. The summed E-state index contributed by atoms with van der Waals surface area (Å²) in [4.78, 5) is 0. The quantitative estimate of drug-likeness (QED) is 0.468. The third kappa shape index (κ3) is 20.2. The summed E-state index contributed by atoms with van der Waals surface area (Å²) in [7, 11) is 0.120. The fraction of sp³-hybridized carbons (Fsp3) is 0.385. The van der Waals surface area contributed by atoms with Crippen LogP contribution in [0.15, 0.2) is 36.5 Å². The summed E-state index contributed by atoms with van der Waals surface area (Å²) in [6.45, 7) is 6.81. The van der Waals surface area contributed by atoms with Gasteiger partial charge in [0.15, 0.2) is 0 Å². The van der Waals surface area contributed by atoms with Crippen molar-refractivity contribution in [2.45, 2.75) is 32.5 Å². The fourth-order valence-corrected chi connectivity index (χ4v) is 0.680. The van der Waals surface area contributed by atoms with Gasteiger partial charge in [-0.2, -0.15) is 12.2 Å². The minimum Gasteiger partial charge on any atom is -0.273 e. The average Bonchev–Trinajstić information content (AvgIpc) is 2.83. The monoisotopic (exact) mass is 293 g/mol. The van der Waals surface area contributed by atoms with Crippen molar-refractivity contribution < 1.29 is 26.2 Å². The normalized spacial score (nSPS) is 14.1. The Hall–Kier alpha value is 0.0600. The molecular weight excluding hydrogens is 275 g/mol. The summed E-state index contributed by atoms with van der Waals surface area (Å²) in [5.74, 6) is 0. The van der Waals surface area contributed by atoms with Gasteiger partial charge in [0.1, 0.15) is 0 Å². The summed E-state index contributed by atoms with van der Waals surface area (Å²) >= 11 is 0. The maximum atomic E-state index is 2.99. The van der Waals surface area contributed by atoms with Crippen LogP contribution in [0.25, 0.3) is 0 Å². The molecule has 0 N–H and O–H groups in total. The average molecular weight is 295 g/mol. The minimum atomic E-state index is 0. The second-order valence-electron chi connectivity index (χ2n) is 3.51. The van der Waals surface area contributed by atoms with Crippen molar-refractivity contribution in [3.8, 4) is 0 Å². The first-order valence-electron chi connectivity index (χ1n) is 4.93. The van der Waals surface area contributed by atoms with Crippen LogP contribution in [0.5, 0.6) is 0 Å². The van der Waals surface area contributed by atoms with Crippen LogP contribution in [0.2, 0.25) is 19.6 Å². The molecule has 2 heteroatoms. The van der Waals surface area contributed by atoms with Gasteiger partial charge in [-0.3, -0.25) is 12.2 Å². The van der Waals surface area contributed by atoms with Crippen LogP contribution in [0, 0.1) is 12.2 Å². The maximum absolute atomic E-state index is 2.99. The first kappa shape index (κ1) is 17.5. The number of hydrogen-bond donors (Lipinski definition) is 0. The Labute approximate surface area is 116 Å². The van der Waals surface area contributed by atoms with Crippen molar-refractivity contribution in [3.05, 3.63) is 48.6 Å². The molecule has 1 radical (unpaired) electrons. The van der Waals surface area contributed by atoms with E-state index >= 15 is 0 Å². The number of rotatable bonds is 0. The largest absolute Gasteiger partial charge is 2.00 e. The molecule has 2 aliphatic rings. The second-order valence-corrected chi connectivity index (χ2v) is 6.51. The molecule has 2 aliphatic carbocycles. The molecule has 0 saturated carbocycles. The van der Waals surface area contributed by atoms with E-state index in [0.29, 0.717) is 0 Å². The van der Waals surface area contributed by atoms with Crippen molar-refractivity contribution in [1.82, 2.24) is 0 Å². The first-order valence-corrected chi connectivity index (χ1v) is 7.93. The Morgan fingerprint density at radius 3 is 1.27 bits per heavy atom. The van der Waals surface area contributed by atoms with Crippen molar-refractivity contribution in [1.29, 1.82) is 0 Å². The van der Waals surface area contributed by atoms with Gasteiger partial charge >= 0.3 is 26.2 Å². The van der Waals surface area contributed by atoms with Crippen molar-refractivity contribution >= 4 is 8.80 Å². The van der Waals surface area contributed by atoms with E-state index in [1.165, 1.54) is 0 Å². The van der Waals surface area contributed by atoms with Gasteiger partial charge in [0, 0.05) is 8.80 Å². The zero-order valence-corrected chi connectivity index (χ0v) is 13.3. The Morgan fingerprint density at radius 1 is 0.867 bits per heavy atom. The molecule has 0 aromatic carbocycles. The van der Waals surface area contributed by atoms with Crippen LogP contribution >= 0.6 is 0 Å². The van der Waals surface area contributed by atoms with Gasteiger partial charge in [0.2, 0.25) is 0 Å². The third-order valence-corrected chi connectivity index (χ3v) is 1.17. The third-order valence-electron chi connectivity index (χ3n) is 1.17. The molecule has 0 spiro atoms. The van der Waals surface area contributed by atoms with E-state index in [2.05, 4.69) is 43.9 Å². The molecule has 0 fully saturated rings. The van der Waals surface area contributed by atoms with E-state index in [-0.39, 0.29) is 35.0 Å². The smallest absolute Gasteiger partial charge is 0.273 e. The Morgan fingerprint density at radius 2 is 1.20 bits per heavy atom. The molecule has 2 rings (SSSR count). The maximum Gasteiger partial charge on any atom is 2.00 e. The van der Waals surface area contributed by atoms with Crippen LogP contribution in [0.1, 0.15) is 12.8 Å². The van der Waals surface area contributed by atoms with Crippen molar-refractivity contribution in [3.63, 3.8) is 0 Å². The molecule has 79 valence electrons. The minimum absolute atomic E-state index is 0. The van der Waals surface area contributed by atoms with E-state index in [9.17, 15) is 0 Å². The molecule has 0 aromatic heterocycles. The van der Waals surface area contributed by atoms with E-state index < -0.39 is 0 Å². The van der Waals surface area contributed by atoms with Gasteiger partial charge in [-0.25, -0.2) is 24.3 Å². The number of hydrogen-bond acceptors (Lipinski definition) is 0. The summed E-state index contributed by atoms with van der Waals surface area (Å²) in [5, 5.41) is 0.